The molecule has 0 unspecified atom stereocenters. The van der Waals surface area contributed by atoms with Crippen LogP contribution >= 0.6 is 0 Å². The molecule has 0 aliphatic heterocycles. The van der Waals surface area contributed by atoms with Gasteiger partial charge in [-0.2, -0.15) is 0 Å². The van der Waals surface area contributed by atoms with Crippen molar-refractivity contribution in [2.24, 2.45) is 0 Å². The van der Waals surface area contributed by atoms with Gasteiger partial charge in [-0.15, -0.1) is 0 Å². The molecule has 2 heterocycles. The van der Waals surface area contributed by atoms with E-state index in [9.17, 15) is 9.18 Å². The lowest BCUT2D eigenvalue weighted by atomic mass is 10.2. The lowest BCUT2D eigenvalue weighted by Crippen LogP contribution is -2.16. The molecule has 0 radical (unpaired) electrons. The van der Waals surface area contributed by atoms with Gasteiger partial charge in [0.15, 0.2) is 11.6 Å². The Hall–Kier alpha value is -2.50. The van der Waals surface area contributed by atoms with Crippen LogP contribution in [0.3, 0.4) is 0 Å². The van der Waals surface area contributed by atoms with Gasteiger partial charge in [-0.05, 0) is 31.5 Å². The number of rotatable bonds is 4. The Balaban J connectivity index is 2.26. The molecule has 0 atom stereocenters. The number of amides is 1. The summed E-state index contributed by atoms with van der Waals surface area (Å²) in [6.07, 6.45) is 4.55. The van der Waals surface area contributed by atoms with Gasteiger partial charge in [0.25, 0.3) is 5.91 Å². The van der Waals surface area contributed by atoms with E-state index in [0.29, 0.717) is 12.2 Å². The molecule has 2 aromatic heterocycles. The normalized spacial score (nSPS) is 10.2. The zero-order valence-corrected chi connectivity index (χ0v) is 11.3. The average molecular weight is 274 g/mol. The van der Waals surface area contributed by atoms with Gasteiger partial charge in [0, 0.05) is 18.9 Å². The molecule has 0 saturated carbocycles. The molecule has 0 saturated heterocycles. The number of carbonyl (C=O) groups is 1. The van der Waals surface area contributed by atoms with E-state index in [1.54, 1.807) is 12.3 Å². The Labute approximate surface area is 116 Å². The van der Waals surface area contributed by atoms with Crippen molar-refractivity contribution in [3.05, 3.63) is 47.7 Å². The van der Waals surface area contributed by atoms with Gasteiger partial charge in [0.2, 0.25) is 0 Å². The van der Waals surface area contributed by atoms with E-state index in [0.717, 1.165) is 5.56 Å². The number of hydrogen-bond acceptors (Lipinski definition) is 4. The highest BCUT2D eigenvalue weighted by Gasteiger charge is 2.16. The number of nitrogens with one attached hydrogen (secondary N) is 2. The molecule has 5 nitrogen and oxygen atoms in total. The largest absolute Gasteiger partial charge is 0.368 e. The molecule has 6 heteroatoms. The maximum absolute atomic E-state index is 14.1. The van der Waals surface area contributed by atoms with Crippen LogP contribution in [0.5, 0.6) is 0 Å². The van der Waals surface area contributed by atoms with Gasteiger partial charge in [-0.25, -0.2) is 9.37 Å². The highest BCUT2D eigenvalue weighted by Crippen LogP contribution is 2.18. The quantitative estimate of drug-likeness (QED) is 0.899. The van der Waals surface area contributed by atoms with Crippen molar-refractivity contribution in [1.82, 2.24) is 9.97 Å². The summed E-state index contributed by atoms with van der Waals surface area (Å²) in [7, 11) is 0. The smallest absolute Gasteiger partial charge is 0.258 e. The Morgan fingerprint density at radius 2 is 2.15 bits per heavy atom. The highest BCUT2D eigenvalue weighted by molar-refractivity contribution is 6.05. The van der Waals surface area contributed by atoms with Crippen molar-refractivity contribution in [3.63, 3.8) is 0 Å². The fourth-order valence-corrected chi connectivity index (χ4v) is 1.69. The average Bonchev–Trinajstić information content (AvgIpc) is 2.44. The third kappa shape index (κ3) is 2.90. The summed E-state index contributed by atoms with van der Waals surface area (Å²) in [4.78, 5) is 19.9. The lowest BCUT2D eigenvalue weighted by molar-refractivity contribution is 0.102. The molecule has 2 rings (SSSR count). The SMILES string of the molecule is CCNc1nccc(C(=O)Nc2cnccc2C)c1F. The second-order valence-electron chi connectivity index (χ2n) is 4.20. The predicted molar refractivity (Wildman–Crippen MR) is 75.3 cm³/mol. The Kier molecular flexibility index (Phi) is 4.24. The van der Waals surface area contributed by atoms with Gasteiger partial charge >= 0.3 is 0 Å². The van der Waals surface area contributed by atoms with Crippen LogP contribution in [0.1, 0.15) is 22.8 Å². The Morgan fingerprint density at radius 1 is 1.35 bits per heavy atom. The summed E-state index contributed by atoms with van der Waals surface area (Å²) in [6, 6.07) is 3.11. The number of pyridine rings is 2. The molecule has 2 N–H and O–H groups in total. The molecule has 2 aromatic rings. The summed E-state index contributed by atoms with van der Waals surface area (Å²) < 4.78 is 14.1. The van der Waals surface area contributed by atoms with Crippen LogP contribution in [-0.4, -0.2) is 22.4 Å². The fourth-order valence-electron chi connectivity index (χ4n) is 1.69. The predicted octanol–water partition coefficient (Wildman–Crippen LogP) is 2.61. The van der Waals surface area contributed by atoms with E-state index in [4.69, 9.17) is 0 Å². The van der Waals surface area contributed by atoms with E-state index in [2.05, 4.69) is 20.6 Å². The van der Waals surface area contributed by atoms with E-state index >= 15 is 0 Å². The van der Waals surface area contributed by atoms with E-state index in [1.165, 1.54) is 18.5 Å². The van der Waals surface area contributed by atoms with Crippen LogP contribution in [0.2, 0.25) is 0 Å². The van der Waals surface area contributed by atoms with E-state index < -0.39 is 11.7 Å². The summed E-state index contributed by atoms with van der Waals surface area (Å²) in [5, 5.41) is 5.41. The number of aryl methyl sites for hydroxylation is 1. The number of anilines is 2. The van der Waals surface area contributed by atoms with Gasteiger partial charge in [0.1, 0.15) is 0 Å². The maximum Gasteiger partial charge on any atom is 0.258 e. The second kappa shape index (κ2) is 6.10. The lowest BCUT2D eigenvalue weighted by Gasteiger charge is -2.10. The standard InChI is InChI=1S/C14H15FN4O/c1-3-17-13-12(15)10(5-7-18-13)14(20)19-11-8-16-6-4-9(11)2/h4-8H,3H2,1-2H3,(H,17,18)(H,19,20). The molecule has 0 aliphatic carbocycles. The van der Waals surface area contributed by atoms with Crippen LogP contribution < -0.4 is 10.6 Å². The van der Waals surface area contributed by atoms with E-state index in [-0.39, 0.29) is 11.4 Å². The molecule has 0 bridgehead atoms. The number of aromatic nitrogens is 2. The minimum Gasteiger partial charge on any atom is -0.368 e. The minimum absolute atomic E-state index is 0.0563. The molecular weight excluding hydrogens is 259 g/mol. The van der Waals surface area contributed by atoms with Crippen LogP contribution in [0.25, 0.3) is 0 Å². The van der Waals surface area contributed by atoms with Crippen molar-refractivity contribution in [2.45, 2.75) is 13.8 Å². The summed E-state index contributed by atoms with van der Waals surface area (Å²) in [6.45, 7) is 4.19. The fraction of sp³-hybridized carbons (Fsp3) is 0.214. The van der Waals surface area contributed by atoms with Crippen LogP contribution in [0, 0.1) is 12.7 Å². The van der Waals surface area contributed by atoms with Crippen molar-refractivity contribution >= 4 is 17.4 Å². The van der Waals surface area contributed by atoms with Crippen molar-refractivity contribution in [1.29, 1.82) is 0 Å². The van der Waals surface area contributed by atoms with E-state index in [1.807, 2.05) is 13.8 Å². The first-order valence-corrected chi connectivity index (χ1v) is 6.23. The molecule has 0 aliphatic rings. The second-order valence-corrected chi connectivity index (χ2v) is 4.20. The zero-order chi connectivity index (χ0) is 14.5. The van der Waals surface area contributed by atoms with Gasteiger partial charge in [-0.1, -0.05) is 0 Å². The number of halogens is 1. The third-order valence-corrected chi connectivity index (χ3v) is 2.77. The van der Waals surface area contributed by atoms with Crippen molar-refractivity contribution < 1.29 is 9.18 Å². The summed E-state index contributed by atoms with van der Waals surface area (Å²) in [5.74, 6) is -1.11. The topological polar surface area (TPSA) is 66.9 Å². The van der Waals surface area contributed by atoms with Crippen molar-refractivity contribution in [3.8, 4) is 0 Å². The minimum atomic E-state index is -0.659. The first-order chi connectivity index (χ1) is 9.63. The third-order valence-electron chi connectivity index (χ3n) is 2.77. The van der Waals surface area contributed by atoms with Crippen LogP contribution in [0.4, 0.5) is 15.9 Å². The highest BCUT2D eigenvalue weighted by atomic mass is 19.1. The first-order valence-electron chi connectivity index (χ1n) is 6.23. The first kappa shape index (κ1) is 13.9. The number of carbonyl (C=O) groups excluding carboxylic acids is 1. The van der Waals surface area contributed by atoms with Gasteiger partial charge in [0.05, 0.1) is 17.4 Å². The Bertz CT molecular complexity index is 630. The van der Waals surface area contributed by atoms with Gasteiger partial charge in [-0.3, -0.25) is 9.78 Å². The molecule has 20 heavy (non-hydrogen) atoms. The number of nitrogens with zero attached hydrogens (tertiary/aromatic N) is 2. The number of hydrogen-bond donors (Lipinski definition) is 2. The van der Waals surface area contributed by atoms with Crippen molar-refractivity contribution in [2.75, 3.05) is 17.2 Å². The summed E-state index contributed by atoms with van der Waals surface area (Å²) in [5.41, 5.74) is 1.35. The molecule has 0 fully saturated rings. The molecule has 0 spiro atoms. The van der Waals surface area contributed by atoms with Crippen LogP contribution in [-0.2, 0) is 0 Å². The summed E-state index contributed by atoms with van der Waals surface area (Å²) >= 11 is 0. The van der Waals surface area contributed by atoms with Gasteiger partial charge < -0.3 is 10.6 Å². The zero-order valence-electron chi connectivity index (χ0n) is 11.3. The molecule has 104 valence electrons. The van der Waals surface area contributed by atoms with Crippen LogP contribution in [0.15, 0.2) is 30.7 Å². The Morgan fingerprint density at radius 3 is 2.85 bits per heavy atom. The monoisotopic (exact) mass is 274 g/mol. The maximum atomic E-state index is 14.1. The molecule has 0 aromatic carbocycles. The molecular formula is C14H15FN4O. The molecule has 1 amide bonds.